The highest BCUT2D eigenvalue weighted by atomic mass is 35.5. The van der Waals surface area contributed by atoms with Gasteiger partial charge in [0.1, 0.15) is 0 Å². The minimum Gasteiger partial charge on any atom is -0.323 e. The van der Waals surface area contributed by atoms with Crippen LogP contribution in [-0.4, -0.2) is 54.9 Å². The lowest BCUT2D eigenvalue weighted by molar-refractivity contribution is -0.134. The maximum Gasteiger partial charge on any atom is 0.243 e. The summed E-state index contributed by atoms with van der Waals surface area (Å²) >= 11 is 6.01. The van der Waals surface area contributed by atoms with E-state index in [0.717, 1.165) is 12.8 Å². The third kappa shape index (κ3) is 4.69. The number of hydrogen-bond acceptors (Lipinski definition) is 4. The fraction of sp³-hybridized carbons (Fsp3) is 0.682. The first-order valence-electron chi connectivity index (χ1n) is 10.9. The van der Waals surface area contributed by atoms with Crippen molar-refractivity contribution in [2.24, 2.45) is 11.8 Å². The van der Waals surface area contributed by atoms with Crippen molar-refractivity contribution in [3.63, 3.8) is 0 Å². The molecule has 0 aromatic heterocycles. The van der Waals surface area contributed by atoms with Crippen LogP contribution in [-0.2, 0) is 14.8 Å². The number of carbonyl (C=O) groups is 1. The van der Waals surface area contributed by atoms with Gasteiger partial charge >= 0.3 is 0 Å². The van der Waals surface area contributed by atoms with E-state index >= 15 is 0 Å². The van der Waals surface area contributed by atoms with E-state index in [0.29, 0.717) is 49.3 Å². The predicted molar refractivity (Wildman–Crippen MR) is 120 cm³/mol. The Bertz CT molecular complexity index is 866. The third-order valence-corrected chi connectivity index (χ3v) is 8.54. The van der Waals surface area contributed by atoms with E-state index in [-0.39, 0.29) is 16.8 Å². The molecule has 2 fully saturated rings. The van der Waals surface area contributed by atoms with Crippen LogP contribution < -0.4 is 5.32 Å². The van der Waals surface area contributed by atoms with E-state index in [1.807, 2.05) is 4.90 Å². The molecule has 0 bridgehead atoms. The Morgan fingerprint density at radius 1 is 1.23 bits per heavy atom. The number of benzene rings is 1. The summed E-state index contributed by atoms with van der Waals surface area (Å²) in [5.74, 6) is 0.976. The first-order valence-corrected chi connectivity index (χ1v) is 12.8. The van der Waals surface area contributed by atoms with Crippen LogP contribution in [0.5, 0.6) is 0 Å². The van der Waals surface area contributed by atoms with Crippen LogP contribution in [0.4, 0.5) is 0 Å². The normalized spacial score (nSPS) is 23.5. The van der Waals surface area contributed by atoms with Gasteiger partial charge in [-0.1, -0.05) is 51.8 Å². The zero-order valence-corrected chi connectivity index (χ0v) is 20.0. The third-order valence-electron chi connectivity index (χ3n) is 6.41. The van der Waals surface area contributed by atoms with E-state index in [1.165, 1.54) is 10.4 Å². The summed E-state index contributed by atoms with van der Waals surface area (Å²) in [6.45, 7) is 10.0. The number of rotatable bonds is 7. The molecule has 2 aliphatic rings. The van der Waals surface area contributed by atoms with Crippen molar-refractivity contribution in [3.8, 4) is 0 Å². The molecule has 30 heavy (non-hydrogen) atoms. The molecule has 8 heteroatoms. The Labute approximate surface area is 186 Å². The highest BCUT2D eigenvalue weighted by Crippen LogP contribution is 2.36. The van der Waals surface area contributed by atoms with Gasteiger partial charge in [-0.2, -0.15) is 4.31 Å². The number of nitrogens with one attached hydrogen (secondary N) is 1. The lowest BCUT2D eigenvalue weighted by Crippen LogP contribution is -2.60. The molecule has 2 saturated heterocycles. The van der Waals surface area contributed by atoms with Crippen LogP contribution >= 0.6 is 11.6 Å². The standard InChI is InChI=1S/C22H34ClN3O3S/c1-5-17(4)15-26-21(27)20(13-16(2)3)24-22(26)9-11-25(12-10-22)30(28,29)19-8-6-7-18(23)14-19/h6-8,14,16-17,20,24H,5,9-13,15H2,1-4H3. The Kier molecular flexibility index (Phi) is 7.17. The Morgan fingerprint density at radius 2 is 1.90 bits per heavy atom. The molecule has 2 heterocycles. The Morgan fingerprint density at radius 3 is 2.47 bits per heavy atom. The summed E-state index contributed by atoms with van der Waals surface area (Å²) < 4.78 is 27.7. The number of amides is 1. The number of carbonyl (C=O) groups excluding carboxylic acids is 1. The smallest absolute Gasteiger partial charge is 0.243 e. The number of piperidine rings is 1. The SMILES string of the molecule is CCC(C)CN1C(=O)C(CC(C)C)NC12CCN(S(=O)(=O)c1cccc(Cl)c1)CC2. The van der Waals surface area contributed by atoms with E-state index in [1.54, 1.807) is 18.2 Å². The van der Waals surface area contributed by atoms with Gasteiger partial charge in [0.25, 0.3) is 0 Å². The van der Waals surface area contributed by atoms with Crippen molar-refractivity contribution in [2.45, 2.75) is 70.0 Å². The van der Waals surface area contributed by atoms with E-state index < -0.39 is 15.7 Å². The summed E-state index contributed by atoms with van der Waals surface area (Å²) in [6.07, 6.45) is 2.97. The summed E-state index contributed by atoms with van der Waals surface area (Å²) in [5.41, 5.74) is -0.458. The number of halogens is 1. The highest BCUT2D eigenvalue weighted by Gasteiger charge is 2.52. The van der Waals surface area contributed by atoms with Crippen LogP contribution in [0, 0.1) is 11.8 Å². The summed E-state index contributed by atoms with van der Waals surface area (Å²) in [6, 6.07) is 6.21. The van der Waals surface area contributed by atoms with Crippen molar-refractivity contribution in [3.05, 3.63) is 29.3 Å². The van der Waals surface area contributed by atoms with Gasteiger partial charge in [-0.05, 0) is 49.3 Å². The molecule has 2 atom stereocenters. The minimum absolute atomic E-state index is 0.162. The molecule has 6 nitrogen and oxygen atoms in total. The molecule has 0 saturated carbocycles. The maximum atomic E-state index is 13.2. The zero-order chi connectivity index (χ0) is 22.1. The number of sulfonamides is 1. The van der Waals surface area contributed by atoms with Crippen LogP contribution in [0.2, 0.25) is 5.02 Å². The molecule has 3 rings (SSSR count). The fourth-order valence-corrected chi connectivity index (χ4v) is 6.23. The molecule has 1 N–H and O–H groups in total. The molecule has 2 unspecified atom stereocenters. The molecule has 0 radical (unpaired) electrons. The summed E-state index contributed by atoms with van der Waals surface area (Å²) in [5, 5.41) is 4.03. The van der Waals surface area contributed by atoms with Crippen molar-refractivity contribution in [1.29, 1.82) is 0 Å². The first-order chi connectivity index (χ1) is 14.1. The molecular weight excluding hydrogens is 422 g/mol. The number of hydrogen-bond donors (Lipinski definition) is 1. The van der Waals surface area contributed by atoms with Crippen LogP contribution in [0.25, 0.3) is 0 Å². The molecule has 1 spiro atoms. The number of nitrogens with zero attached hydrogens (tertiary/aromatic N) is 2. The minimum atomic E-state index is -3.60. The molecular formula is C22H34ClN3O3S. The van der Waals surface area contributed by atoms with Gasteiger partial charge in [0.05, 0.1) is 16.6 Å². The molecule has 1 amide bonds. The second kappa shape index (κ2) is 9.15. The second-order valence-electron chi connectivity index (χ2n) is 9.18. The van der Waals surface area contributed by atoms with Crippen molar-refractivity contribution in [1.82, 2.24) is 14.5 Å². The average molecular weight is 456 g/mol. The first kappa shape index (κ1) is 23.5. The fourth-order valence-electron chi connectivity index (χ4n) is 4.49. The molecule has 0 aliphatic carbocycles. The second-order valence-corrected chi connectivity index (χ2v) is 11.6. The van der Waals surface area contributed by atoms with Gasteiger partial charge in [-0.25, -0.2) is 8.42 Å². The van der Waals surface area contributed by atoms with Crippen molar-refractivity contribution >= 4 is 27.5 Å². The van der Waals surface area contributed by atoms with Gasteiger partial charge in [0.15, 0.2) is 0 Å². The molecule has 1 aromatic rings. The largest absolute Gasteiger partial charge is 0.323 e. The van der Waals surface area contributed by atoms with E-state index in [4.69, 9.17) is 11.6 Å². The van der Waals surface area contributed by atoms with Gasteiger partial charge in [-0.15, -0.1) is 0 Å². The lowest BCUT2D eigenvalue weighted by atomic mass is 9.95. The lowest BCUT2D eigenvalue weighted by Gasteiger charge is -2.45. The van der Waals surface area contributed by atoms with Gasteiger partial charge < -0.3 is 4.90 Å². The van der Waals surface area contributed by atoms with Crippen LogP contribution in [0.3, 0.4) is 0 Å². The van der Waals surface area contributed by atoms with E-state index in [2.05, 4.69) is 33.0 Å². The topological polar surface area (TPSA) is 69.7 Å². The van der Waals surface area contributed by atoms with Crippen molar-refractivity contribution in [2.75, 3.05) is 19.6 Å². The molecule has 168 valence electrons. The maximum absolute atomic E-state index is 13.2. The molecule has 1 aromatic carbocycles. The van der Waals surface area contributed by atoms with Crippen LogP contribution in [0.1, 0.15) is 53.4 Å². The molecule has 2 aliphatic heterocycles. The zero-order valence-electron chi connectivity index (χ0n) is 18.4. The quantitative estimate of drug-likeness (QED) is 0.680. The summed E-state index contributed by atoms with van der Waals surface area (Å²) in [4.78, 5) is 15.4. The van der Waals surface area contributed by atoms with Gasteiger partial charge in [0.2, 0.25) is 15.9 Å². The Balaban J connectivity index is 1.80. The van der Waals surface area contributed by atoms with Crippen LogP contribution in [0.15, 0.2) is 29.2 Å². The summed E-state index contributed by atoms with van der Waals surface area (Å²) in [7, 11) is -3.60. The van der Waals surface area contributed by atoms with Crippen molar-refractivity contribution < 1.29 is 13.2 Å². The van der Waals surface area contributed by atoms with E-state index in [9.17, 15) is 13.2 Å². The Hall–Kier alpha value is -1.15. The van der Waals surface area contributed by atoms with Gasteiger partial charge in [0, 0.05) is 24.7 Å². The van der Waals surface area contributed by atoms with Gasteiger partial charge in [-0.3, -0.25) is 10.1 Å². The average Bonchev–Trinajstić information content (AvgIpc) is 2.93. The predicted octanol–water partition coefficient (Wildman–Crippen LogP) is 3.71. The monoisotopic (exact) mass is 455 g/mol. The highest BCUT2D eigenvalue weighted by molar-refractivity contribution is 7.89.